The number of halogens is 3. The molecule has 1 amide bonds. The zero-order chi connectivity index (χ0) is 23.8. The first kappa shape index (κ1) is 22.8. The van der Waals surface area contributed by atoms with Gasteiger partial charge in [0.05, 0.1) is 17.5 Å². The zero-order valence-corrected chi connectivity index (χ0v) is 18.3. The summed E-state index contributed by atoms with van der Waals surface area (Å²) in [6.45, 7) is 0. The molecule has 0 aliphatic heterocycles. The van der Waals surface area contributed by atoms with Crippen LogP contribution in [0.2, 0.25) is 0 Å². The Bertz CT molecular complexity index is 1330. The van der Waals surface area contributed by atoms with Gasteiger partial charge in [-0.25, -0.2) is 13.4 Å². The summed E-state index contributed by atoms with van der Waals surface area (Å²) >= 11 is 0. The Hall–Kier alpha value is -3.34. The Kier molecular flexibility index (Phi) is 5.91. The lowest BCUT2D eigenvalue weighted by Crippen LogP contribution is -2.45. The van der Waals surface area contributed by atoms with Crippen LogP contribution < -0.4 is 14.8 Å². The van der Waals surface area contributed by atoms with Gasteiger partial charge in [0, 0.05) is 17.0 Å². The number of hydrogen-bond acceptors (Lipinski definition) is 5. The van der Waals surface area contributed by atoms with Crippen molar-refractivity contribution in [3.8, 4) is 5.75 Å². The fourth-order valence-corrected chi connectivity index (χ4v) is 5.26. The topological polar surface area (TPSA) is 97.4 Å². The Morgan fingerprint density at radius 1 is 1.09 bits per heavy atom. The number of carbonyl (C=O) groups excluding carboxylic acids is 1. The van der Waals surface area contributed by atoms with Crippen LogP contribution in [0.1, 0.15) is 17.5 Å². The monoisotopic (exact) mass is 479 g/mol. The molecule has 4 rings (SSSR count). The van der Waals surface area contributed by atoms with Gasteiger partial charge in [-0.1, -0.05) is 18.2 Å². The molecular weight excluding hydrogens is 459 g/mol. The molecular formula is C22H20F3N3O4S. The number of methoxy groups -OCH3 is 1. The minimum absolute atomic E-state index is 0.00569. The van der Waals surface area contributed by atoms with E-state index in [1.807, 2.05) is 17.4 Å². The lowest BCUT2D eigenvalue weighted by atomic mass is 9.87. The highest BCUT2D eigenvalue weighted by Gasteiger charge is 2.40. The maximum Gasteiger partial charge on any atom is 0.471 e. The van der Waals surface area contributed by atoms with Crippen molar-refractivity contribution in [3.05, 3.63) is 59.7 Å². The van der Waals surface area contributed by atoms with Crippen LogP contribution in [-0.4, -0.2) is 38.6 Å². The van der Waals surface area contributed by atoms with Crippen LogP contribution in [0.25, 0.3) is 10.9 Å². The first-order valence-electron chi connectivity index (χ1n) is 10.0. The summed E-state index contributed by atoms with van der Waals surface area (Å²) in [6.07, 6.45) is -4.68. The summed E-state index contributed by atoms with van der Waals surface area (Å²) in [7, 11) is -2.66. The molecule has 0 saturated heterocycles. The van der Waals surface area contributed by atoms with Crippen molar-refractivity contribution in [2.24, 2.45) is 0 Å². The van der Waals surface area contributed by atoms with Gasteiger partial charge in [0.1, 0.15) is 11.6 Å². The molecule has 1 aromatic heterocycles. The van der Waals surface area contributed by atoms with E-state index < -0.39 is 28.1 Å². The van der Waals surface area contributed by atoms with Gasteiger partial charge in [-0.15, -0.1) is 0 Å². The van der Waals surface area contributed by atoms with E-state index in [4.69, 9.17) is 4.74 Å². The fourth-order valence-electron chi connectivity index (χ4n) is 3.96. The van der Waals surface area contributed by atoms with Crippen molar-refractivity contribution >= 4 is 32.7 Å². The maximum absolute atomic E-state index is 13.2. The molecule has 174 valence electrons. The molecule has 1 atom stereocenters. The van der Waals surface area contributed by atoms with Crippen LogP contribution in [0, 0.1) is 0 Å². The minimum atomic E-state index is -4.99. The molecule has 33 heavy (non-hydrogen) atoms. The number of para-hydroxylation sites is 1. The number of aromatic nitrogens is 1. The van der Waals surface area contributed by atoms with Crippen molar-refractivity contribution in [1.82, 2.24) is 10.3 Å². The molecule has 0 radical (unpaired) electrons. The summed E-state index contributed by atoms with van der Waals surface area (Å²) in [5.74, 6) is -1.54. The third kappa shape index (κ3) is 4.72. The quantitative estimate of drug-likeness (QED) is 0.583. The molecule has 2 aromatic carbocycles. The lowest BCUT2D eigenvalue weighted by molar-refractivity contribution is -0.174. The van der Waals surface area contributed by atoms with E-state index in [2.05, 4.69) is 9.71 Å². The molecule has 3 aromatic rings. The molecule has 11 heteroatoms. The molecule has 1 aliphatic carbocycles. The fraction of sp³-hybridized carbons (Fsp3) is 0.273. The molecule has 0 fully saturated rings. The second kappa shape index (κ2) is 8.54. The van der Waals surface area contributed by atoms with Crippen molar-refractivity contribution in [3.63, 3.8) is 0 Å². The second-order valence-electron chi connectivity index (χ2n) is 7.63. The van der Waals surface area contributed by atoms with Gasteiger partial charge in [-0.2, -0.15) is 13.2 Å². The molecule has 1 aliphatic rings. The van der Waals surface area contributed by atoms with Crippen LogP contribution >= 0.6 is 0 Å². The van der Waals surface area contributed by atoms with Gasteiger partial charge in [-0.05, 0) is 55.2 Å². The summed E-state index contributed by atoms with van der Waals surface area (Å²) in [4.78, 5) is 15.7. The number of anilines is 1. The SMILES string of the molecule is COc1ccc(S(=O)(=O)Nc2ccc3ccccc3n2)c2c1C[C@@H](NC(=O)C(F)(F)F)CC2. The Balaban J connectivity index is 1.64. The Morgan fingerprint density at radius 2 is 1.85 bits per heavy atom. The van der Waals surface area contributed by atoms with Crippen molar-refractivity contribution in [2.75, 3.05) is 11.8 Å². The van der Waals surface area contributed by atoms with Gasteiger partial charge >= 0.3 is 12.1 Å². The highest BCUT2D eigenvalue weighted by Crippen LogP contribution is 2.35. The van der Waals surface area contributed by atoms with E-state index in [9.17, 15) is 26.4 Å². The second-order valence-corrected chi connectivity index (χ2v) is 9.28. The van der Waals surface area contributed by atoms with Crippen LogP contribution in [0.4, 0.5) is 19.0 Å². The summed E-state index contributed by atoms with van der Waals surface area (Å²) in [5, 5.41) is 2.83. The number of amides is 1. The van der Waals surface area contributed by atoms with Crippen LogP contribution in [0.3, 0.4) is 0 Å². The van der Waals surface area contributed by atoms with E-state index in [-0.39, 0.29) is 30.0 Å². The molecule has 1 heterocycles. The number of hydrogen-bond donors (Lipinski definition) is 2. The molecule has 7 nitrogen and oxygen atoms in total. The number of nitrogens with zero attached hydrogens (tertiary/aromatic N) is 1. The number of nitrogens with one attached hydrogen (secondary N) is 2. The van der Waals surface area contributed by atoms with E-state index in [0.29, 0.717) is 22.4 Å². The van der Waals surface area contributed by atoms with Crippen molar-refractivity contribution in [2.45, 2.75) is 36.4 Å². The van der Waals surface area contributed by atoms with E-state index in [1.54, 1.807) is 24.3 Å². The first-order chi connectivity index (χ1) is 15.6. The predicted molar refractivity (Wildman–Crippen MR) is 116 cm³/mol. The largest absolute Gasteiger partial charge is 0.496 e. The van der Waals surface area contributed by atoms with Crippen LogP contribution in [0.15, 0.2) is 53.4 Å². The standard InChI is InChI=1S/C22H20F3N3O4S/c1-32-18-9-10-19(15-8-7-14(12-16(15)18)26-21(29)22(23,24)25)33(30,31)28-20-11-6-13-4-2-3-5-17(13)27-20/h2-6,9-11,14H,7-8,12H2,1H3,(H,26,29)(H,27,28)/t14-/m0/s1. The highest BCUT2D eigenvalue weighted by atomic mass is 32.2. The number of carbonyl (C=O) groups is 1. The number of ether oxygens (including phenoxy) is 1. The Morgan fingerprint density at radius 3 is 2.58 bits per heavy atom. The average Bonchev–Trinajstić information content (AvgIpc) is 2.77. The molecule has 0 unspecified atom stereocenters. The first-order valence-corrected chi connectivity index (χ1v) is 11.5. The number of alkyl halides is 3. The molecule has 0 spiro atoms. The summed E-state index contributed by atoms with van der Waals surface area (Å²) in [5.41, 5.74) is 1.52. The van der Waals surface area contributed by atoms with Gasteiger partial charge in [0.2, 0.25) is 0 Å². The third-order valence-corrected chi connectivity index (χ3v) is 6.92. The summed E-state index contributed by atoms with van der Waals surface area (Å²) < 4.78 is 72.1. The summed E-state index contributed by atoms with van der Waals surface area (Å²) in [6, 6.07) is 12.6. The number of pyridine rings is 1. The van der Waals surface area contributed by atoms with E-state index in [1.165, 1.54) is 19.2 Å². The van der Waals surface area contributed by atoms with Crippen LogP contribution in [0.5, 0.6) is 5.75 Å². The number of fused-ring (bicyclic) bond motifs is 2. The van der Waals surface area contributed by atoms with E-state index >= 15 is 0 Å². The normalized spacial score (nSPS) is 16.2. The maximum atomic E-state index is 13.2. The number of rotatable bonds is 5. The molecule has 0 saturated carbocycles. The predicted octanol–water partition coefficient (Wildman–Crippen LogP) is 3.58. The molecule has 2 N–H and O–H groups in total. The average molecular weight is 479 g/mol. The van der Waals surface area contributed by atoms with Crippen molar-refractivity contribution in [1.29, 1.82) is 0 Å². The third-order valence-electron chi connectivity index (χ3n) is 5.48. The van der Waals surface area contributed by atoms with Crippen molar-refractivity contribution < 1.29 is 31.1 Å². The van der Waals surface area contributed by atoms with Gasteiger partial charge in [0.15, 0.2) is 0 Å². The van der Waals surface area contributed by atoms with Crippen LogP contribution in [-0.2, 0) is 27.7 Å². The Labute approximate surface area is 188 Å². The highest BCUT2D eigenvalue weighted by molar-refractivity contribution is 7.92. The number of sulfonamides is 1. The van der Waals surface area contributed by atoms with Gasteiger partial charge in [0.25, 0.3) is 10.0 Å². The van der Waals surface area contributed by atoms with E-state index in [0.717, 1.165) is 5.39 Å². The molecule has 0 bridgehead atoms. The smallest absolute Gasteiger partial charge is 0.471 e. The zero-order valence-electron chi connectivity index (χ0n) is 17.4. The van der Waals surface area contributed by atoms with Gasteiger partial charge in [-0.3, -0.25) is 9.52 Å². The lowest BCUT2D eigenvalue weighted by Gasteiger charge is -2.28. The number of benzene rings is 2. The van der Waals surface area contributed by atoms with Gasteiger partial charge < -0.3 is 10.1 Å². The minimum Gasteiger partial charge on any atom is -0.496 e.